The standard InChI is InChI=1S/C27H33N3O5/c1-33-14-15-35-26(31)17-21-4-7-24-18-25(9-8-23(24)16-21)29-27(32)22-5-2-20(3-6-22)19-28-30-10-12-34-13-11-30/h2-3,5-6,8-9,18-19,21H,4,7,10-17H2,1H3,(H,29,32). The summed E-state index contributed by atoms with van der Waals surface area (Å²) in [6.07, 6.45) is 4.89. The fourth-order valence-corrected chi connectivity index (χ4v) is 4.36. The summed E-state index contributed by atoms with van der Waals surface area (Å²) in [5, 5.41) is 9.46. The highest BCUT2D eigenvalue weighted by molar-refractivity contribution is 6.04. The van der Waals surface area contributed by atoms with Crippen molar-refractivity contribution in [3.63, 3.8) is 0 Å². The lowest BCUT2D eigenvalue weighted by Crippen LogP contribution is -2.32. The first-order chi connectivity index (χ1) is 17.1. The van der Waals surface area contributed by atoms with Crippen molar-refractivity contribution in [3.8, 4) is 0 Å². The Morgan fingerprint density at radius 3 is 2.69 bits per heavy atom. The molecule has 0 saturated carbocycles. The van der Waals surface area contributed by atoms with Crippen LogP contribution in [0, 0.1) is 5.92 Å². The highest BCUT2D eigenvalue weighted by Gasteiger charge is 2.22. The van der Waals surface area contributed by atoms with Crippen LogP contribution < -0.4 is 5.32 Å². The van der Waals surface area contributed by atoms with E-state index < -0.39 is 0 Å². The van der Waals surface area contributed by atoms with Gasteiger partial charge >= 0.3 is 5.97 Å². The zero-order chi connectivity index (χ0) is 24.5. The van der Waals surface area contributed by atoms with Gasteiger partial charge in [-0.05, 0) is 66.1 Å². The van der Waals surface area contributed by atoms with Crippen molar-refractivity contribution in [1.29, 1.82) is 0 Å². The SMILES string of the molecule is COCCOC(=O)CC1CCc2cc(NC(=O)c3ccc(C=NN4CCOCC4)cc3)ccc2C1. The Bertz CT molecular complexity index is 1030. The van der Waals surface area contributed by atoms with Gasteiger partial charge in [-0.1, -0.05) is 18.2 Å². The number of anilines is 1. The number of hydrogen-bond donors (Lipinski definition) is 1. The smallest absolute Gasteiger partial charge is 0.306 e. The van der Waals surface area contributed by atoms with E-state index in [1.807, 2.05) is 47.6 Å². The number of benzene rings is 2. The summed E-state index contributed by atoms with van der Waals surface area (Å²) < 4.78 is 15.4. The molecule has 8 nitrogen and oxygen atoms in total. The van der Waals surface area contributed by atoms with Crippen LogP contribution in [-0.4, -0.2) is 69.7 Å². The summed E-state index contributed by atoms with van der Waals surface area (Å²) in [6, 6.07) is 13.4. The molecule has 1 amide bonds. The van der Waals surface area contributed by atoms with Crippen LogP contribution in [0.3, 0.4) is 0 Å². The number of esters is 1. The number of amides is 1. The van der Waals surface area contributed by atoms with Crippen LogP contribution in [-0.2, 0) is 31.8 Å². The van der Waals surface area contributed by atoms with Crippen molar-refractivity contribution < 1.29 is 23.8 Å². The van der Waals surface area contributed by atoms with E-state index in [0.29, 0.717) is 38.4 Å². The molecule has 186 valence electrons. The topological polar surface area (TPSA) is 89.5 Å². The molecule has 1 atom stereocenters. The average Bonchev–Trinajstić information content (AvgIpc) is 2.88. The first-order valence-electron chi connectivity index (χ1n) is 12.1. The van der Waals surface area contributed by atoms with Gasteiger partial charge in [0.2, 0.25) is 0 Å². The van der Waals surface area contributed by atoms with Crippen molar-refractivity contribution in [2.24, 2.45) is 11.0 Å². The van der Waals surface area contributed by atoms with Gasteiger partial charge < -0.3 is 19.5 Å². The molecule has 1 fully saturated rings. The molecule has 0 aromatic heterocycles. The lowest BCUT2D eigenvalue weighted by atomic mass is 9.82. The van der Waals surface area contributed by atoms with Crippen LogP contribution in [0.15, 0.2) is 47.6 Å². The normalized spacial score (nSPS) is 17.7. The summed E-state index contributed by atoms with van der Waals surface area (Å²) in [4.78, 5) is 24.8. The predicted molar refractivity (Wildman–Crippen MR) is 134 cm³/mol. The summed E-state index contributed by atoms with van der Waals surface area (Å²) in [5.74, 6) is -0.0323. The molecule has 1 saturated heterocycles. The number of aryl methyl sites for hydroxylation is 1. The minimum atomic E-state index is -0.169. The highest BCUT2D eigenvalue weighted by Crippen LogP contribution is 2.30. The molecular formula is C27H33N3O5. The maximum atomic E-state index is 12.8. The van der Waals surface area contributed by atoms with Gasteiger partial charge in [-0.25, -0.2) is 0 Å². The van der Waals surface area contributed by atoms with Crippen LogP contribution in [0.25, 0.3) is 0 Å². The van der Waals surface area contributed by atoms with Gasteiger partial charge in [0.15, 0.2) is 0 Å². The molecule has 1 N–H and O–H groups in total. The van der Waals surface area contributed by atoms with E-state index >= 15 is 0 Å². The molecule has 2 aromatic carbocycles. The van der Waals surface area contributed by atoms with E-state index in [2.05, 4.69) is 16.5 Å². The van der Waals surface area contributed by atoms with Gasteiger partial charge in [-0.2, -0.15) is 5.10 Å². The first kappa shape index (κ1) is 24.9. The number of carbonyl (C=O) groups is 2. The third-order valence-electron chi connectivity index (χ3n) is 6.33. The molecular weight excluding hydrogens is 446 g/mol. The molecule has 0 radical (unpaired) electrons. The number of carbonyl (C=O) groups excluding carboxylic acids is 2. The third kappa shape index (κ3) is 7.37. The Morgan fingerprint density at radius 1 is 1.11 bits per heavy atom. The van der Waals surface area contributed by atoms with E-state index in [4.69, 9.17) is 14.2 Å². The van der Waals surface area contributed by atoms with Gasteiger partial charge in [0.25, 0.3) is 5.91 Å². The van der Waals surface area contributed by atoms with Crippen LogP contribution in [0.2, 0.25) is 0 Å². The van der Waals surface area contributed by atoms with Crippen molar-refractivity contribution in [1.82, 2.24) is 5.01 Å². The summed E-state index contributed by atoms with van der Waals surface area (Å²) in [6.45, 7) is 3.69. The third-order valence-corrected chi connectivity index (χ3v) is 6.33. The Balaban J connectivity index is 1.28. The van der Waals surface area contributed by atoms with Gasteiger partial charge in [0.05, 0.1) is 39.1 Å². The maximum Gasteiger partial charge on any atom is 0.306 e. The van der Waals surface area contributed by atoms with Crippen molar-refractivity contribution in [2.45, 2.75) is 25.7 Å². The van der Waals surface area contributed by atoms with Crippen molar-refractivity contribution in [2.75, 3.05) is 51.9 Å². The van der Waals surface area contributed by atoms with Crippen molar-refractivity contribution >= 4 is 23.8 Å². The van der Waals surface area contributed by atoms with Gasteiger partial charge in [0, 0.05) is 24.8 Å². The maximum absolute atomic E-state index is 12.8. The number of nitrogens with zero attached hydrogens (tertiary/aromatic N) is 2. The molecule has 2 aromatic rings. The zero-order valence-corrected chi connectivity index (χ0v) is 20.2. The summed E-state index contributed by atoms with van der Waals surface area (Å²) >= 11 is 0. The fourth-order valence-electron chi connectivity index (χ4n) is 4.36. The molecule has 0 bridgehead atoms. The minimum absolute atomic E-state index is 0.144. The molecule has 1 heterocycles. The minimum Gasteiger partial charge on any atom is -0.463 e. The average molecular weight is 480 g/mol. The van der Waals surface area contributed by atoms with E-state index in [-0.39, 0.29) is 17.8 Å². The van der Waals surface area contributed by atoms with Gasteiger partial charge in [-0.3, -0.25) is 14.6 Å². The molecule has 0 spiro atoms. The van der Waals surface area contributed by atoms with Crippen molar-refractivity contribution in [3.05, 3.63) is 64.7 Å². The van der Waals surface area contributed by atoms with Crippen LogP contribution in [0.4, 0.5) is 5.69 Å². The molecule has 2 aliphatic rings. The summed E-state index contributed by atoms with van der Waals surface area (Å²) in [5.41, 5.74) is 4.77. The number of fused-ring (bicyclic) bond motifs is 1. The number of ether oxygens (including phenoxy) is 3. The zero-order valence-electron chi connectivity index (χ0n) is 20.2. The Labute approximate surface area is 206 Å². The highest BCUT2D eigenvalue weighted by atomic mass is 16.6. The molecule has 35 heavy (non-hydrogen) atoms. The monoisotopic (exact) mass is 479 g/mol. The number of morpholine rings is 1. The number of methoxy groups -OCH3 is 1. The second-order valence-electron chi connectivity index (χ2n) is 8.90. The Morgan fingerprint density at radius 2 is 1.91 bits per heavy atom. The van der Waals surface area contributed by atoms with Gasteiger partial charge in [-0.15, -0.1) is 0 Å². The van der Waals surface area contributed by atoms with E-state index in [1.165, 1.54) is 11.1 Å². The number of hydrogen-bond acceptors (Lipinski definition) is 7. The first-order valence-corrected chi connectivity index (χ1v) is 12.1. The number of hydrazone groups is 1. The molecule has 1 unspecified atom stereocenters. The molecule has 1 aliphatic heterocycles. The van der Waals surface area contributed by atoms with E-state index in [0.717, 1.165) is 43.6 Å². The Kier molecular flexibility index (Phi) is 8.86. The number of nitrogens with one attached hydrogen (secondary N) is 1. The van der Waals surface area contributed by atoms with Crippen LogP contribution >= 0.6 is 0 Å². The molecule has 4 rings (SSSR count). The predicted octanol–water partition coefficient (Wildman–Crippen LogP) is 3.29. The van der Waals surface area contributed by atoms with E-state index in [1.54, 1.807) is 7.11 Å². The van der Waals surface area contributed by atoms with Gasteiger partial charge in [0.1, 0.15) is 6.61 Å². The second-order valence-corrected chi connectivity index (χ2v) is 8.90. The number of rotatable bonds is 9. The van der Waals surface area contributed by atoms with E-state index in [9.17, 15) is 9.59 Å². The lowest BCUT2D eigenvalue weighted by Gasteiger charge is -2.24. The van der Waals surface area contributed by atoms with Crippen LogP contribution in [0.5, 0.6) is 0 Å². The largest absolute Gasteiger partial charge is 0.463 e. The lowest BCUT2D eigenvalue weighted by molar-refractivity contribution is -0.146. The molecule has 8 heteroatoms. The van der Waals surface area contributed by atoms with Crippen LogP contribution in [0.1, 0.15) is 39.9 Å². The Hall–Kier alpha value is -3.23. The fraction of sp³-hybridized carbons (Fsp3) is 0.444. The molecule has 1 aliphatic carbocycles. The second kappa shape index (κ2) is 12.5. The summed E-state index contributed by atoms with van der Waals surface area (Å²) in [7, 11) is 1.59. The quantitative estimate of drug-likeness (QED) is 0.337.